The van der Waals surface area contributed by atoms with Crippen LogP contribution >= 0.6 is 15.9 Å². The fourth-order valence-corrected chi connectivity index (χ4v) is 1.75. The maximum atomic E-state index is 12.8. The Morgan fingerprint density at radius 1 is 1.43 bits per heavy atom. The van der Waals surface area contributed by atoms with E-state index in [0.29, 0.717) is 4.83 Å². The summed E-state index contributed by atoms with van der Waals surface area (Å²) in [6.45, 7) is 2.17. The van der Waals surface area contributed by atoms with Gasteiger partial charge in [-0.25, -0.2) is 4.39 Å². The van der Waals surface area contributed by atoms with Crippen molar-refractivity contribution < 1.29 is 4.39 Å². The molecule has 1 unspecified atom stereocenters. The van der Waals surface area contributed by atoms with Crippen molar-refractivity contribution >= 4 is 15.9 Å². The third kappa shape index (κ3) is 4.23. The number of hydrogen-bond acceptors (Lipinski definition) is 0. The van der Waals surface area contributed by atoms with Gasteiger partial charge in [-0.15, -0.1) is 0 Å². The lowest BCUT2D eigenvalue weighted by molar-refractivity contribution is 0.622. The number of alkyl halides is 1. The van der Waals surface area contributed by atoms with E-state index in [4.69, 9.17) is 0 Å². The van der Waals surface area contributed by atoms with Gasteiger partial charge in [-0.2, -0.15) is 0 Å². The van der Waals surface area contributed by atoms with Gasteiger partial charge in [0, 0.05) is 4.83 Å². The second-order valence-electron chi connectivity index (χ2n) is 3.53. The van der Waals surface area contributed by atoms with Gasteiger partial charge in [0.15, 0.2) is 0 Å². The van der Waals surface area contributed by atoms with Crippen LogP contribution in [-0.2, 0) is 6.42 Å². The normalized spacial score (nSPS) is 12.8. The van der Waals surface area contributed by atoms with E-state index in [1.165, 1.54) is 6.07 Å². The number of aryl methyl sites for hydroxylation is 1. The highest BCUT2D eigenvalue weighted by Crippen LogP contribution is 2.14. The van der Waals surface area contributed by atoms with Crippen LogP contribution in [0.1, 0.15) is 31.7 Å². The van der Waals surface area contributed by atoms with Crippen LogP contribution in [0.15, 0.2) is 24.3 Å². The Kier molecular flexibility index (Phi) is 5.16. The van der Waals surface area contributed by atoms with Gasteiger partial charge >= 0.3 is 0 Å². The van der Waals surface area contributed by atoms with Gasteiger partial charge in [-0.05, 0) is 43.4 Å². The number of benzene rings is 1. The zero-order valence-corrected chi connectivity index (χ0v) is 10.1. The summed E-state index contributed by atoms with van der Waals surface area (Å²) in [5.74, 6) is -0.131. The minimum atomic E-state index is -0.131. The number of hydrogen-bond donors (Lipinski definition) is 0. The predicted molar refractivity (Wildman–Crippen MR) is 62.3 cm³/mol. The van der Waals surface area contributed by atoms with E-state index in [1.54, 1.807) is 12.1 Å². The molecule has 0 N–H and O–H groups in total. The van der Waals surface area contributed by atoms with Crippen LogP contribution in [0.5, 0.6) is 0 Å². The molecule has 0 fully saturated rings. The van der Waals surface area contributed by atoms with Crippen LogP contribution in [0.4, 0.5) is 4.39 Å². The zero-order valence-electron chi connectivity index (χ0n) is 8.47. The molecule has 0 nitrogen and oxygen atoms in total. The van der Waals surface area contributed by atoms with Crippen molar-refractivity contribution in [2.75, 3.05) is 0 Å². The molecule has 0 aliphatic heterocycles. The highest BCUT2D eigenvalue weighted by molar-refractivity contribution is 9.09. The second kappa shape index (κ2) is 6.18. The highest BCUT2D eigenvalue weighted by atomic mass is 79.9. The summed E-state index contributed by atoms with van der Waals surface area (Å²) < 4.78 is 12.8. The van der Waals surface area contributed by atoms with Gasteiger partial charge in [-0.3, -0.25) is 0 Å². The lowest BCUT2D eigenvalue weighted by Gasteiger charge is -2.06. The third-order valence-electron chi connectivity index (χ3n) is 2.31. The SMILES string of the molecule is CCC(Br)CCCc1cccc(F)c1. The molecule has 0 aromatic heterocycles. The van der Waals surface area contributed by atoms with E-state index in [0.717, 1.165) is 31.2 Å². The van der Waals surface area contributed by atoms with Crippen molar-refractivity contribution in [3.8, 4) is 0 Å². The molecule has 0 radical (unpaired) electrons. The lowest BCUT2D eigenvalue weighted by atomic mass is 10.1. The van der Waals surface area contributed by atoms with Gasteiger partial charge in [-0.1, -0.05) is 35.0 Å². The first kappa shape index (κ1) is 11.7. The molecule has 0 aliphatic rings. The maximum Gasteiger partial charge on any atom is 0.123 e. The van der Waals surface area contributed by atoms with Crippen molar-refractivity contribution in [3.05, 3.63) is 35.6 Å². The first-order valence-corrected chi connectivity index (χ1v) is 6.02. The zero-order chi connectivity index (χ0) is 10.4. The standard InChI is InChI=1S/C12H16BrF/c1-2-11(13)7-3-5-10-6-4-8-12(14)9-10/h4,6,8-9,11H,2-3,5,7H2,1H3. The Morgan fingerprint density at radius 2 is 2.21 bits per heavy atom. The molecule has 0 saturated heterocycles. The summed E-state index contributed by atoms with van der Waals surface area (Å²) in [5, 5.41) is 0. The Hall–Kier alpha value is -0.370. The molecule has 1 atom stereocenters. The molecule has 14 heavy (non-hydrogen) atoms. The van der Waals surface area contributed by atoms with Gasteiger partial charge in [0.25, 0.3) is 0 Å². The molecule has 1 aromatic carbocycles. The molecule has 0 saturated carbocycles. The molecule has 0 bridgehead atoms. The van der Waals surface area contributed by atoms with E-state index in [2.05, 4.69) is 22.9 Å². The second-order valence-corrected chi connectivity index (χ2v) is 4.82. The summed E-state index contributed by atoms with van der Waals surface area (Å²) in [7, 11) is 0. The minimum Gasteiger partial charge on any atom is -0.207 e. The van der Waals surface area contributed by atoms with Gasteiger partial charge in [0.1, 0.15) is 5.82 Å². The molecule has 1 rings (SSSR count). The minimum absolute atomic E-state index is 0.131. The lowest BCUT2D eigenvalue weighted by Crippen LogP contribution is -1.96. The fourth-order valence-electron chi connectivity index (χ4n) is 1.42. The van der Waals surface area contributed by atoms with Gasteiger partial charge in [0.05, 0.1) is 0 Å². The van der Waals surface area contributed by atoms with E-state index in [9.17, 15) is 4.39 Å². The van der Waals surface area contributed by atoms with E-state index < -0.39 is 0 Å². The summed E-state index contributed by atoms with van der Waals surface area (Å²) in [6.07, 6.45) is 4.41. The topological polar surface area (TPSA) is 0 Å². The first-order valence-electron chi connectivity index (χ1n) is 5.11. The van der Waals surface area contributed by atoms with Crippen molar-refractivity contribution in [2.45, 2.75) is 37.4 Å². The molecular formula is C12H16BrF. The molecule has 78 valence electrons. The average Bonchev–Trinajstić information content (AvgIpc) is 2.17. The maximum absolute atomic E-state index is 12.8. The van der Waals surface area contributed by atoms with Crippen molar-refractivity contribution in [1.29, 1.82) is 0 Å². The summed E-state index contributed by atoms with van der Waals surface area (Å²) in [6, 6.07) is 6.87. The van der Waals surface area contributed by atoms with Crippen molar-refractivity contribution in [3.63, 3.8) is 0 Å². The summed E-state index contributed by atoms with van der Waals surface area (Å²) in [5.41, 5.74) is 1.10. The monoisotopic (exact) mass is 258 g/mol. The third-order valence-corrected chi connectivity index (χ3v) is 3.42. The molecule has 2 heteroatoms. The predicted octanol–water partition coefficient (Wildman–Crippen LogP) is 4.32. The Bertz CT molecular complexity index is 273. The van der Waals surface area contributed by atoms with E-state index >= 15 is 0 Å². The molecule has 0 heterocycles. The average molecular weight is 259 g/mol. The van der Waals surface area contributed by atoms with Crippen LogP contribution in [0.25, 0.3) is 0 Å². The number of rotatable bonds is 5. The fraction of sp³-hybridized carbons (Fsp3) is 0.500. The smallest absolute Gasteiger partial charge is 0.123 e. The number of halogens is 2. The molecule has 0 spiro atoms. The first-order chi connectivity index (χ1) is 6.72. The van der Waals surface area contributed by atoms with Crippen LogP contribution in [0.3, 0.4) is 0 Å². The summed E-state index contributed by atoms with van der Waals surface area (Å²) in [4.78, 5) is 0.607. The van der Waals surface area contributed by atoms with Crippen LogP contribution in [0.2, 0.25) is 0 Å². The molecule has 0 aliphatic carbocycles. The summed E-state index contributed by atoms with van der Waals surface area (Å²) >= 11 is 3.59. The Morgan fingerprint density at radius 3 is 2.86 bits per heavy atom. The molecule has 1 aromatic rings. The largest absolute Gasteiger partial charge is 0.207 e. The van der Waals surface area contributed by atoms with Gasteiger partial charge < -0.3 is 0 Å². The molecule has 0 amide bonds. The van der Waals surface area contributed by atoms with Crippen molar-refractivity contribution in [1.82, 2.24) is 0 Å². The quantitative estimate of drug-likeness (QED) is 0.691. The Balaban J connectivity index is 2.31. The van der Waals surface area contributed by atoms with Crippen molar-refractivity contribution in [2.24, 2.45) is 0 Å². The van der Waals surface area contributed by atoms with Crippen LogP contribution < -0.4 is 0 Å². The van der Waals surface area contributed by atoms with E-state index in [1.807, 2.05) is 6.07 Å². The van der Waals surface area contributed by atoms with E-state index in [-0.39, 0.29) is 5.82 Å². The van der Waals surface area contributed by atoms with Crippen LogP contribution in [0, 0.1) is 5.82 Å². The Labute approximate surface area is 93.7 Å². The van der Waals surface area contributed by atoms with Gasteiger partial charge in [0.2, 0.25) is 0 Å². The molecular weight excluding hydrogens is 243 g/mol. The van der Waals surface area contributed by atoms with Crippen LogP contribution in [-0.4, -0.2) is 4.83 Å². The highest BCUT2D eigenvalue weighted by Gasteiger charge is 2.01.